The van der Waals surface area contributed by atoms with Gasteiger partial charge in [-0.1, -0.05) is 0 Å². The summed E-state index contributed by atoms with van der Waals surface area (Å²) in [5, 5.41) is 3.44. The highest BCUT2D eigenvalue weighted by Crippen LogP contribution is 2.19. The molecule has 7 heteroatoms. The highest BCUT2D eigenvalue weighted by atomic mass is 15.3. The molecule has 0 amide bonds. The summed E-state index contributed by atoms with van der Waals surface area (Å²) in [6.45, 7) is 2.13. The van der Waals surface area contributed by atoms with Crippen LogP contribution in [0, 0.1) is 0 Å². The number of hydrazine groups is 1. The molecule has 1 aliphatic rings. The summed E-state index contributed by atoms with van der Waals surface area (Å²) in [7, 11) is 2.12. The summed E-state index contributed by atoms with van der Waals surface area (Å²) in [4.78, 5) is 11.0. The van der Waals surface area contributed by atoms with E-state index in [1.165, 1.54) is 0 Å². The molecule has 18 heavy (non-hydrogen) atoms. The lowest BCUT2D eigenvalue weighted by molar-refractivity contribution is 0.414. The van der Waals surface area contributed by atoms with Crippen molar-refractivity contribution in [3.63, 3.8) is 0 Å². The van der Waals surface area contributed by atoms with Gasteiger partial charge in [-0.15, -0.1) is 0 Å². The second-order valence-electron chi connectivity index (χ2n) is 4.67. The van der Waals surface area contributed by atoms with Crippen LogP contribution < -0.4 is 16.6 Å². The molecule has 1 saturated heterocycles. The molecule has 1 aliphatic heterocycles. The van der Waals surface area contributed by atoms with Crippen molar-refractivity contribution in [1.29, 1.82) is 0 Å². The lowest BCUT2D eigenvalue weighted by atomic mass is 10.2. The Kier molecular flexibility index (Phi) is 2.77. The molecule has 4 N–H and O–H groups in total. The maximum Gasteiger partial charge on any atom is 0.180 e. The van der Waals surface area contributed by atoms with Gasteiger partial charge in [-0.05, 0) is 20.0 Å². The van der Waals surface area contributed by atoms with E-state index in [0.717, 1.165) is 31.0 Å². The summed E-state index contributed by atoms with van der Waals surface area (Å²) < 4.78 is 1.91. The van der Waals surface area contributed by atoms with Crippen LogP contribution in [0.15, 0.2) is 18.6 Å². The number of hydrogen-bond acceptors (Lipinski definition) is 6. The molecule has 1 fully saturated rings. The normalized spacial score (nSPS) is 20.4. The fourth-order valence-corrected chi connectivity index (χ4v) is 2.34. The minimum atomic E-state index is 0.413. The molecule has 2 aromatic heterocycles. The van der Waals surface area contributed by atoms with Crippen molar-refractivity contribution in [1.82, 2.24) is 19.3 Å². The molecule has 3 heterocycles. The Bertz CT molecular complexity index is 549. The van der Waals surface area contributed by atoms with Gasteiger partial charge in [0.2, 0.25) is 0 Å². The van der Waals surface area contributed by atoms with E-state index in [4.69, 9.17) is 5.84 Å². The third kappa shape index (κ3) is 1.98. The molecular weight excluding hydrogens is 230 g/mol. The SMILES string of the molecule is CN1CCC(Nc2nc(NN)cn3ccnc23)C1. The highest BCUT2D eigenvalue weighted by Gasteiger charge is 2.20. The first kappa shape index (κ1) is 11.2. The van der Waals surface area contributed by atoms with Crippen LogP contribution in [0.25, 0.3) is 5.65 Å². The number of likely N-dealkylation sites (N-methyl/N-ethyl adjacent to an activating group) is 1. The van der Waals surface area contributed by atoms with Crippen molar-refractivity contribution in [3.8, 4) is 0 Å². The fourth-order valence-electron chi connectivity index (χ4n) is 2.34. The van der Waals surface area contributed by atoms with Gasteiger partial charge >= 0.3 is 0 Å². The molecule has 0 spiro atoms. The van der Waals surface area contributed by atoms with Crippen LogP contribution in [0.1, 0.15) is 6.42 Å². The van der Waals surface area contributed by atoms with E-state index in [1.54, 1.807) is 6.20 Å². The molecule has 0 saturated carbocycles. The lowest BCUT2D eigenvalue weighted by Crippen LogP contribution is -2.24. The summed E-state index contributed by atoms with van der Waals surface area (Å²) in [6, 6.07) is 0.413. The molecule has 3 rings (SSSR count). The van der Waals surface area contributed by atoms with Crippen LogP contribution in [0.5, 0.6) is 0 Å². The third-order valence-corrected chi connectivity index (χ3v) is 3.25. The molecule has 1 unspecified atom stereocenters. The molecule has 2 aromatic rings. The van der Waals surface area contributed by atoms with Crippen LogP contribution in [-0.4, -0.2) is 45.4 Å². The first-order chi connectivity index (χ1) is 8.76. The maximum absolute atomic E-state index is 5.43. The smallest absolute Gasteiger partial charge is 0.180 e. The van der Waals surface area contributed by atoms with Crippen LogP contribution in [0.3, 0.4) is 0 Å². The Hall–Kier alpha value is -1.86. The summed E-state index contributed by atoms with van der Waals surface area (Å²) in [5.74, 6) is 6.82. The van der Waals surface area contributed by atoms with Crippen LogP contribution in [0.2, 0.25) is 0 Å². The largest absolute Gasteiger partial charge is 0.363 e. The first-order valence-electron chi connectivity index (χ1n) is 6.01. The number of fused-ring (bicyclic) bond motifs is 1. The van der Waals surface area contributed by atoms with Crippen molar-refractivity contribution in [2.45, 2.75) is 12.5 Å². The van der Waals surface area contributed by atoms with Crippen LogP contribution >= 0.6 is 0 Å². The van der Waals surface area contributed by atoms with Gasteiger partial charge < -0.3 is 20.0 Å². The average Bonchev–Trinajstić information content (AvgIpc) is 2.98. The zero-order valence-corrected chi connectivity index (χ0v) is 10.3. The van der Waals surface area contributed by atoms with Gasteiger partial charge in [0.25, 0.3) is 0 Å². The molecule has 1 atom stereocenters. The number of hydrogen-bond donors (Lipinski definition) is 3. The standard InChI is InChI=1S/C11H17N7/c1-17-4-2-8(6-17)14-10-11-13-3-5-18(11)7-9(15-10)16-12/h3,5,7-8,16H,2,4,6,12H2,1H3,(H,14,15). The number of rotatable bonds is 3. The second kappa shape index (κ2) is 4.43. The number of nitrogens with two attached hydrogens (primary N) is 1. The van der Waals surface area contributed by atoms with E-state index in [0.29, 0.717) is 11.9 Å². The molecule has 0 bridgehead atoms. The van der Waals surface area contributed by atoms with Gasteiger partial charge in [-0.2, -0.15) is 0 Å². The molecule has 7 nitrogen and oxygen atoms in total. The zero-order valence-electron chi connectivity index (χ0n) is 10.3. The molecular formula is C11H17N7. The van der Waals surface area contributed by atoms with Crippen molar-refractivity contribution in [3.05, 3.63) is 18.6 Å². The minimum absolute atomic E-state index is 0.413. The summed E-state index contributed by atoms with van der Waals surface area (Å²) in [5.41, 5.74) is 3.40. The third-order valence-electron chi connectivity index (χ3n) is 3.25. The van der Waals surface area contributed by atoms with E-state index in [9.17, 15) is 0 Å². The van der Waals surface area contributed by atoms with Crippen molar-refractivity contribution >= 4 is 17.3 Å². The van der Waals surface area contributed by atoms with E-state index in [2.05, 4.69) is 32.7 Å². The minimum Gasteiger partial charge on any atom is -0.363 e. The molecule has 96 valence electrons. The van der Waals surface area contributed by atoms with Gasteiger partial charge in [0.15, 0.2) is 17.3 Å². The van der Waals surface area contributed by atoms with E-state index >= 15 is 0 Å². The second-order valence-corrected chi connectivity index (χ2v) is 4.67. The number of anilines is 2. The van der Waals surface area contributed by atoms with E-state index in [1.807, 2.05) is 16.8 Å². The van der Waals surface area contributed by atoms with Crippen LogP contribution in [0.4, 0.5) is 11.6 Å². The van der Waals surface area contributed by atoms with Crippen molar-refractivity contribution < 1.29 is 0 Å². The Balaban J connectivity index is 1.92. The number of nitrogens with one attached hydrogen (secondary N) is 2. The van der Waals surface area contributed by atoms with Gasteiger partial charge in [0.1, 0.15) is 0 Å². The van der Waals surface area contributed by atoms with Gasteiger partial charge in [-0.3, -0.25) is 0 Å². The number of nitrogen functional groups attached to an aromatic ring is 1. The number of nitrogens with zero attached hydrogens (tertiary/aromatic N) is 4. The van der Waals surface area contributed by atoms with E-state index in [-0.39, 0.29) is 0 Å². The molecule has 0 radical (unpaired) electrons. The van der Waals surface area contributed by atoms with E-state index < -0.39 is 0 Å². The number of likely N-dealkylation sites (tertiary alicyclic amines) is 1. The van der Waals surface area contributed by atoms with Gasteiger partial charge in [0.05, 0.1) is 6.20 Å². The predicted octanol–water partition coefficient (Wildman–Crippen LogP) is 0.131. The maximum atomic E-state index is 5.43. The highest BCUT2D eigenvalue weighted by molar-refractivity contribution is 5.65. The predicted molar refractivity (Wildman–Crippen MR) is 70.3 cm³/mol. The number of aromatic nitrogens is 3. The quantitative estimate of drug-likeness (QED) is 0.528. The summed E-state index contributed by atoms with van der Waals surface area (Å²) in [6.07, 6.45) is 6.56. The Morgan fingerprint density at radius 2 is 2.39 bits per heavy atom. The zero-order chi connectivity index (χ0) is 12.5. The first-order valence-corrected chi connectivity index (χ1v) is 6.01. The number of imidazole rings is 1. The Morgan fingerprint density at radius 1 is 1.50 bits per heavy atom. The topological polar surface area (TPSA) is 83.5 Å². The van der Waals surface area contributed by atoms with Gasteiger partial charge in [-0.25, -0.2) is 15.8 Å². The van der Waals surface area contributed by atoms with Crippen molar-refractivity contribution in [2.75, 3.05) is 30.9 Å². The Morgan fingerprint density at radius 3 is 3.11 bits per heavy atom. The van der Waals surface area contributed by atoms with Gasteiger partial charge in [0, 0.05) is 25.0 Å². The monoisotopic (exact) mass is 247 g/mol. The van der Waals surface area contributed by atoms with Crippen LogP contribution in [-0.2, 0) is 0 Å². The fraction of sp³-hybridized carbons (Fsp3) is 0.455. The average molecular weight is 247 g/mol. The molecule has 0 aliphatic carbocycles. The van der Waals surface area contributed by atoms with Crippen molar-refractivity contribution in [2.24, 2.45) is 5.84 Å². The Labute approximate surface area is 105 Å². The lowest BCUT2D eigenvalue weighted by Gasteiger charge is -2.15. The molecule has 0 aromatic carbocycles. The summed E-state index contributed by atoms with van der Waals surface area (Å²) >= 11 is 0.